The summed E-state index contributed by atoms with van der Waals surface area (Å²) >= 11 is 0. The molecular weight excluding hydrogens is 306 g/mol. The molecule has 0 unspecified atom stereocenters. The molecule has 0 N–H and O–H groups in total. The third-order valence-electron chi connectivity index (χ3n) is 0.250. The van der Waals surface area contributed by atoms with Crippen molar-refractivity contribution in [2.75, 3.05) is 0 Å². The average molecular weight is 306 g/mol. The molecule has 0 aliphatic heterocycles. The minimum Gasteiger partial charge on any atom is -0.862 e. The van der Waals surface area contributed by atoms with E-state index in [1.54, 1.807) is 0 Å². The summed E-state index contributed by atoms with van der Waals surface area (Å²) in [4.78, 5) is 56.2. The first kappa shape index (κ1) is 42.9. The van der Waals surface area contributed by atoms with Gasteiger partial charge in [-0.15, -0.1) is 18.1 Å². The van der Waals surface area contributed by atoms with Crippen molar-refractivity contribution in [3.63, 3.8) is 0 Å². The smallest absolute Gasteiger partial charge is 0.862 e. The SMILES string of the molecule is [Na+].[Na+].[Na+].[Na+].[Na+].[Na+].[O-][Si]([O-])([O-])O[Si]([O-])([O-])[O-]. The third kappa shape index (κ3) is 45.0. The normalized spacial score (nSPS) is 8.40. The molecule has 0 aliphatic rings. The van der Waals surface area contributed by atoms with Gasteiger partial charge in [-0.3, -0.25) is 0 Å². The summed E-state index contributed by atoms with van der Waals surface area (Å²) < 4.78 is 2.57. The Hall–Kier alpha value is 6.15. The number of hydrogen-bond donors (Lipinski definition) is 0. The molecule has 0 spiro atoms. The van der Waals surface area contributed by atoms with Gasteiger partial charge in [0.25, 0.3) is 0 Å². The Morgan fingerprint density at radius 2 is 0.600 bits per heavy atom. The van der Waals surface area contributed by atoms with Gasteiger partial charge in [-0.1, -0.05) is 0 Å². The first-order valence-corrected chi connectivity index (χ1v) is 4.90. The summed E-state index contributed by atoms with van der Waals surface area (Å²) in [6, 6.07) is 0. The van der Waals surface area contributed by atoms with Crippen LogP contribution in [0.2, 0.25) is 0 Å². The van der Waals surface area contributed by atoms with Gasteiger partial charge in [0.15, 0.2) is 0 Å². The second-order valence-electron chi connectivity index (χ2n) is 1.10. The molecule has 0 rings (SSSR count). The van der Waals surface area contributed by atoms with Crippen molar-refractivity contribution in [2.45, 2.75) is 0 Å². The van der Waals surface area contributed by atoms with Crippen LogP contribution in [0, 0.1) is 0 Å². The van der Waals surface area contributed by atoms with Crippen LogP contribution in [0.1, 0.15) is 0 Å². The monoisotopic (exact) mass is 306 g/mol. The molecule has 0 bridgehead atoms. The molecule has 0 radical (unpaired) electrons. The Kier molecular flexibility index (Phi) is 57.6. The van der Waals surface area contributed by atoms with Crippen LogP contribution in [0.5, 0.6) is 0 Å². The predicted octanol–water partition coefficient (Wildman–Crippen LogP) is -25.9. The molecule has 0 aromatic carbocycles. The zero-order chi connectivity index (χ0) is 7.71. The van der Waals surface area contributed by atoms with Gasteiger partial charge < -0.3 is 32.9 Å². The van der Waals surface area contributed by atoms with Crippen molar-refractivity contribution in [3.05, 3.63) is 0 Å². The van der Waals surface area contributed by atoms with Crippen LogP contribution < -0.4 is 206 Å². The first-order chi connectivity index (χ1) is 3.71. The van der Waals surface area contributed by atoms with Crippen LogP contribution in [0.3, 0.4) is 0 Å². The zero-order valence-electron chi connectivity index (χ0n) is 9.86. The van der Waals surface area contributed by atoms with Gasteiger partial charge in [0, 0.05) is 0 Å². The fourth-order valence-corrected chi connectivity index (χ4v) is 1.38. The van der Waals surface area contributed by atoms with Crippen molar-refractivity contribution >= 4 is 18.1 Å². The maximum Gasteiger partial charge on any atom is 1.00 e. The molecule has 7 nitrogen and oxygen atoms in total. The maximum absolute atomic E-state index is 9.36. The molecule has 56 valence electrons. The molecular formula is Na6O7Si2. The molecule has 0 aromatic heterocycles. The standard InChI is InChI=1S/6Na.O7Si2/c;;;;;;1-8(2,3)7-9(4,5)6/q6*+1;-6. The van der Waals surface area contributed by atoms with E-state index in [9.17, 15) is 28.8 Å². The summed E-state index contributed by atoms with van der Waals surface area (Å²) in [7, 11) is -11.8. The quantitative estimate of drug-likeness (QED) is 0.460. The summed E-state index contributed by atoms with van der Waals surface area (Å²) in [5.41, 5.74) is 0. The van der Waals surface area contributed by atoms with Crippen LogP contribution in [0.4, 0.5) is 0 Å². The van der Waals surface area contributed by atoms with Gasteiger partial charge in [-0.2, -0.15) is 0 Å². The minimum absolute atomic E-state index is 0. The van der Waals surface area contributed by atoms with Crippen LogP contribution in [-0.4, -0.2) is 18.1 Å². The van der Waals surface area contributed by atoms with Gasteiger partial charge in [-0.25, -0.2) is 0 Å². The number of hydrogen-bond acceptors (Lipinski definition) is 7. The van der Waals surface area contributed by atoms with E-state index in [0.717, 1.165) is 0 Å². The van der Waals surface area contributed by atoms with Crippen molar-refractivity contribution in [2.24, 2.45) is 0 Å². The molecule has 0 saturated carbocycles. The van der Waals surface area contributed by atoms with Gasteiger partial charge in [0.1, 0.15) is 0 Å². The fraction of sp³-hybridized carbons (Fsp3) is 0. The molecule has 0 aliphatic carbocycles. The van der Waals surface area contributed by atoms with Gasteiger partial charge in [0.05, 0.1) is 0 Å². The summed E-state index contributed by atoms with van der Waals surface area (Å²) in [5, 5.41) is 0. The number of rotatable bonds is 2. The molecule has 0 aromatic rings. The molecule has 0 amide bonds. The van der Waals surface area contributed by atoms with E-state index in [1.807, 2.05) is 0 Å². The first-order valence-electron chi connectivity index (χ1n) is 1.63. The van der Waals surface area contributed by atoms with E-state index >= 15 is 0 Å². The summed E-state index contributed by atoms with van der Waals surface area (Å²) in [6.45, 7) is 0. The van der Waals surface area contributed by atoms with E-state index in [1.165, 1.54) is 0 Å². The Bertz CT molecular complexity index is 86.6. The third-order valence-corrected chi connectivity index (χ3v) is 2.25. The van der Waals surface area contributed by atoms with Crippen LogP contribution >= 0.6 is 0 Å². The molecule has 0 saturated heterocycles. The second-order valence-corrected chi connectivity index (χ2v) is 3.92. The zero-order valence-corrected chi connectivity index (χ0v) is 23.9. The van der Waals surface area contributed by atoms with E-state index < -0.39 is 18.1 Å². The Morgan fingerprint density at radius 1 is 0.467 bits per heavy atom. The van der Waals surface area contributed by atoms with Crippen molar-refractivity contribution < 1.29 is 210 Å². The topological polar surface area (TPSA) is 148 Å². The van der Waals surface area contributed by atoms with Crippen LogP contribution in [0.25, 0.3) is 0 Å². The average Bonchev–Trinajstić information content (AvgIpc) is 1.14. The predicted molar refractivity (Wildman–Crippen MR) is 12.6 cm³/mol. The van der Waals surface area contributed by atoms with Crippen molar-refractivity contribution in [3.8, 4) is 0 Å². The summed E-state index contributed by atoms with van der Waals surface area (Å²) in [5.74, 6) is 0. The molecule has 0 heterocycles. The maximum atomic E-state index is 9.36. The second kappa shape index (κ2) is 20.2. The summed E-state index contributed by atoms with van der Waals surface area (Å²) in [6.07, 6.45) is 0. The Morgan fingerprint density at radius 3 is 0.600 bits per heavy atom. The molecule has 0 atom stereocenters. The van der Waals surface area contributed by atoms with E-state index in [-0.39, 0.29) is 177 Å². The van der Waals surface area contributed by atoms with Crippen molar-refractivity contribution in [1.29, 1.82) is 0 Å². The van der Waals surface area contributed by atoms with E-state index in [0.29, 0.717) is 0 Å². The molecule has 0 fully saturated rings. The van der Waals surface area contributed by atoms with Crippen LogP contribution in [0.15, 0.2) is 0 Å². The molecule has 15 heteroatoms. The van der Waals surface area contributed by atoms with E-state index in [2.05, 4.69) is 4.12 Å². The van der Waals surface area contributed by atoms with Gasteiger partial charge >= 0.3 is 177 Å². The molecule has 15 heavy (non-hydrogen) atoms. The minimum atomic E-state index is -5.92. The largest absolute Gasteiger partial charge is 1.00 e. The van der Waals surface area contributed by atoms with Crippen molar-refractivity contribution in [1.82, 2.24) is 0 Å². The Balaban J connectivity index is -0.0000000213. The van der Waals surface area contributed by atoms with E-state index in [4.69, 9.17) is 0 Å². The fourth-order valence-electron chi connectivity index (χ4n) is 0.153. The van der Waals surface area contributed by atoms with Gasteiger partial charge in [0.2, 0.25) is 0 Å². The Labute approximate surface area is 222 Å². The van der Waals surface area contributed by atoms with Crippen LogP contribution in [-0.2, 0) is 4.12 Å². The van der Waals surface area contributed by atoms with Gasteiger partial charge in [-0.05, 0) is 0 Å².